The van der Waals surface area contributed by atoms with Crippen molar-refractivity contribution in [1.82, 2.24) is 0 Å². The van der Waals surface area contributed by atoms with Crippen LogP contribution in [0.2, 0.25) is 0 Å². The van der Waals surface area contributed by atoms with Gasteiger partial charge >= 0.3 is 6.11 Å². The van der Waals surface area contributed by atoms with Gasteiger partial charge in [-0.3, -0.25) is 0 Å². The van der Waals surface area contributed by atoms with Gasteiger partial charge < -0.3 is 9.84 Å². The highest BCUT2D eigenvalue weighted by atomic mass is 19.3. The lowest BCUT2D eigenvalue weighted by Crippen LogP contribution is -2.31. The molecule has 1 N–H and O–H groups in total. The van der Waals surface area contributed by atoms with Crippen molar-refractivity contribution in [1.29, 1.82) is 0 Å². The lowest BCUT2D eigenvalue weighted by molar-refractivity contribution is -0.251. The Morgan fingerprint density at radius 3 is 2.31 bits per heavy atom. The zero-order valence-corrected chi connectivity index (χ0v) is 9.26. The zero-order chi connectivity index (χ0) is 12.6. The van der Waals surface area contributed by atoms with Crippen molar-refractivity contribution < 1.29 is 27.4 Å². The van der Waals surface area contributed by atoms with Gasteiger partial charge in [0.2, 0.25) is 0 Å². The molecule has 0 saturated carbocycles. The molecule has 0 bridgehead atoms. The fraction of sp³-hybridized carbons (Fsp3) is 1.00. The third-order valence-corrected chi connectivity index (χ3v) is 2.09. The molecule has 6 heteroatoms. The molecular weight excluding hydrogens is 228 g/mol. The van der Waals surface area contributed by atoms with E-state index >= 15 is 0 Å². The monoisotopic (exact) mass is 246 g/mol. The van der Waals surface area contributed by atoms with Crippen LogP contribution in [0, 0.1) is 0 Å². The van der Waals surface area contributed by atoms with Gasteiger partial charge in [-0.1, -0.05) is 19.8 Å². The minimum atomic E-state index is -3.42. The Hall–Kier alpha value is -0.360. The Morgan fingerprint density at radius 2 is 1.81 bits per heavy atom. The first kappa shape index (κ1) is 15.6. The molecule has 98 valence electrons. The molecule has 0 aliphatic heterocycles. The highest BCUT2D eigenvalue weighted by Gasteiger charge is 2.32. The maximum absolute atomic E-state index is 12.9. The summed E-state index contributed by atoms with van der Waals surface area (Å²) in [6, 6.07) is 0. The van der Waals surface area contributed by atoms with Gasteiger partial charge in [-0.2, -0.15) is 8.78 Å². The number of hydrogen-bond acceptors (Lipinski definition) is 2. The number of rotatable bonds is 9. The van der Waals surface area contributed by atoms with Crippen molar-refractivity contribution >= 4 is 0 Å². The van der Waals surface area contributed by atoms with Crippen molar-refractivity contribution in [2.75, 3.05) is 13.2 Å². The van der Waals surface area contributed by atoms with Crippen LogP contribution >= 0.6 is 0 Å². The summed E-state index contributed by atoms with van der Waals surface area (Å²) in [5, 5.41) is 8.25. The fourth-order valence-corrected chi connectivity index (χ4v) is 1.07. The van der Waals surface area contributed by atoms with Crippen LogP contribution in [0.1, 0.15) is 32.6 Å². The molecule has 0 saturated heterocycles. The highest BCUT2D eigenvalue weighted by molar-refractivity contribution is 4.67. The van der Waals surface area contributed by atoms with Gasteiger partial charge in [0, 0.05) is 6.42 Å². The topological polar surface area (TPSA) is 29.5 Å². The van der Waals surface area contributed by atoms with Crippen LogP contribution in [-0.4, -0.2) is 36.8 Å². The van der Waals surface area contributed by atoms with Crippen LogP contribution < -0.4 is 0 Å². The van der Waals surface area contributed by atoms with Crippen LogP contribution in [0.5, 0.6) is 0 Å². The molecule has 2 nitrogen and oxygen atoms in total. The Labute approximate surface area is 92.6 Å². The van der Waals surface area contributed by atoms with E-state index in [0.717, 1.165) is 6.42 Å². The molecule has 0 aliphatic rings. The van der Waals surface area contributed by atoms with Gasteiger partial charge in [0.05, 0.1) is 13.2 Å². The first-order valence-electron chi connectivity index (χ1n) is 5.33. The maximum Gasteiger partial charge on any atom is 0.355 e. The van der Waals surface area contributed by atoms with Gasteiger partial charge in [-0.15, -0.1) is 0 Å². The van der Waals surface area contributed by atoms with Crippen molar-refractivity contribution in [2.24, 2.45) is 0 Å². The Bertz CT molecular complexity index is 178. The number of unbranched alkanes of at least 4 members (excludes halogenated alkanes) is 2. The summed E-state index contributed by atoms with van der Waals surface area (Å²) in [5.41, 5.74) is 0. The lowest BCUT2D eigenvalue weighted by Gasteiger charge is -2.19. The number of aliphatic hydroxyl groups is 1. The molecule has 0 heterocycles. The minimum Gasteiger partial charge on any atom is -0.393 e. The summed E-state index contributed by atoms with van der Waals surface area (Å²) in [6.07, 6.45) is -6.61. The number of alkyl halides is 4. The predicted octanol–water partition coefficient (Wildman–Crippen LogP) is 2.84. The lowest BCUT2D eigenvalue weighted by atomic mass is 10.2. The summed E-state index contributed by atoms with van der Waals surface area (Å²) < 4.78 is 55.0. The number of halogens is 4. The third kappa shape index (κ3) is 7.00. The van der Waals surface area contributed by atoms with E-state index in [4.69, 9.17) is 5.11 Å². The van der Waals surface area contributed by atoms with E-state index in [-0.39, 0.29) is 6.42 Å². The normalized spacial score (nSPS) is 16.1. The van der Waals surface area contributed by atoms with E-state index in [1.807, 2.05) is 6.92 Å². The molecule has 16 heavy (non-hydrogen) atoms. The molecule has 0 aromatic heterocycles. The molecule has 0 rings (SSSR count). The first-order chi connectivity index (χ1) is 7.43. The largest absolute Gasteiger partial charge is 0.393 e. The van der Waals surface area contributed by atoms with Gasteiger partial charge in [-0.25, -0.2) is 8.78 Å². The van der Waals surface area contributed by atoms with E-state index in [9.17, 15) is 17.6 Å². The molecular formula is C10H18F4O2. The molecule has 0 radical (unpaired) electrons. The molecule has 0 fully saturated rings. The standard InChI is InChI=1S/C10H18F4O2/c1-2-3-4-5-10(13,14)16-7-9(12)8(11)6-15/h8-9,15H,2-7H2,1H3. The van der Waals surface area contributed by atoms with Crippen molar-refractivity contribution in [2.45, 2.75) is 51.1 Å². The summed E-state index contributed by atoms with van der Waals surface area (Å²) in [6.45, 7) is -0.210. The quantitative estimate of drug-likeness (QED) is 0.500. The molecule has 0 aliphatic carbocycles. The van der Waals surface area contributed by atoms with E-state index in [1.54, 1.807) is 0 Å². The molecule has 0 amide bonds. The van der Waals surface area contributed by atoms with Gasteiger partial charge in [-0.05, 0) is 6.42 Å². The van der Waals surface area contributed by atoms with Crippen LogP contribution in [0.15, 0.2) is 0 Å². The van der Waals surface area contributed by atoms with Crippen LogP contribution in [-0.2, 0) is 4.74 Å². The second-order valence-corrected chi connectivity index (χ2v) is 3.62. The summed E-state index contributed by atoms with van der Waals surface area (Å²) in [7, 11) is 0. The Balaban J connectivity index is 3.79. The molecule has 2 atom stereocenters. The second kappa shape index (κ2) is 7.84. The predicted molar refractivity (Wildman–Crippen MR) is 51.9 cm³/mol. The van der Waals surface area contributed by atoms with Crippen LogP contribution in [0.25, 0.3) is 0 Å². The molecule has 0 aromatic rings. The van der Waals surface area contributed by atoms with Crippen LogP contribution in [0.3, 0.4) is 0 Å². The SMILES string of the molecule is CCCCCC(F)(F)OCC(F)C(F)CO. The second-order valence-electron chi connectivity index (χ2n) is 3.62. The van der Waals surface area contributed by atoms with Crippen LogP contribution in [0.4, 0.5) is 17.6 Å². The van der Waals surface area contributed by atoms with Gasteiger partial charge in [0.25, 0.3) is 0 Å². The number of ether oxygens (including phenoxy) is 1. The Kier molecular flexibility index (Phi) is 7.66. The summed E-state index contributed by atoms with van der Waals surface area (Å²) >= 11 is 0. The average Bonchev–Trinajstić information content (AvgIpc) is 2.25. The molecule has 2 unspecified atom stereocenters. The third-order valence-electron chi connectivity index (χ3n) is 2.09. The fourth-order valence-electron chi connectivity index (χ4n) is 1.07. The smallest absolute Gasteiger partial charge is 0.355 e. The zero-order valence-electron chi connectivity index (χ0n) is 9.26. The van der Waals surface area contributed by atoms with Gasteiger partial charge in [0.15, 0.2) is 12.3 Å². The number of aliphatic hydroxyl groups excluding tert-OH is 1. The Morgan fingerprint density at radius 1 is 1.19 bits per heavy atom. The van der Waals surface area contributed by atoms with E-state index in [0.29, 0.717) is 6.42 Å². The maximum atomic E-state index is 12.9. The summed E-state index contributed by atoms with van der Waals surface area (Å²) in [5.74, 6) is 0. The number of hydrogen-bond donors (Lipinski definition) is 1. The molecule has 0 aromatic carbocycles. The minimum absolute atomic E-state index is 0.277. The van der Waals surface area contributed by atoms with E-state index in [2.05, 4.69) is 4.74 Å². The van der Waals surface area contributed by atoms with Crippen molar-refractivity contribution in [3.63, 3.8) is 0 Å². The highest BCUT2D eigenvalue weighted by Crippen LogP contribution is 2.24. The first-order valence-corrected chi connectivity index (χ1v) is 5.33. The van der Waals surface area contributed by atoms with Gasteiger partial charge in [0.1, 0.15) is 0 Å². The van der Waals surface area contributed by atoms with Crippen molar-refractivity contribution in [3.8, 4) is 0 Å². The average molecular weight is 246 g/mol. The molecule has 0 spiro atoms. The summed E-state index contributed by atoms with van der Waals surface area (Å²) in [4.78, 5) is 0. The van der Waals surface area contributed by atoms with Crippen molar-refractivity contribution in [3.05, 3.63) is 0 Å². The van der Waals surface area contributed by atoms with E-state index in [1.165, 1.54) is 0 Å². The van der Waals surface area contributed by atoms with E-state index < -0.39 is 38.1 Å².